The van der Waals surface area contributed by atoms with E-state index >= 15 is 0 Å². The van der Waals surface area contributed by atoms with Gasteiger partial charge in [0, 0.05) is 5.56 Å². The molecule has 1 aromatic heterocycles. The normalized spacial score (nSPS) is 10.8. The number of halogens is 3. The molecule has 1 heterocycles. The van der Waals surface area contributed by atoms with Gasteiger partial charge in [-0.15, -0.1) is 12.4 Å². The number of alkyl halides is 2. The number of ether oxygens (including phenoxy) is 1. The fourth-order valence-corrected chi connectivity index (χ4v) is 1.81. The number of hydrogen-bond acceptors (Lipinski definition) is 4. The summed E-state index contributed by atoms with van der Waals surface area (Å²) < 4.78 is 31.2. The summed E-state index contributed by atoms with van der Waals surface area (Å²) in [7, 11) is 1.54. The van der Waals surface area contributed by atoms with Crippen LogP contribution < -0.4 is 15.8 Å². The molecule has 0 fully saturated rings. The minimum Gasteiger partial charge on any atom is -0.497 e. The predicted molar refractivity (Wildman–Crippen MR) is 84.2 cm³/mol. The lowest BCUT2D eigenvalue weighted by Crippen LogP contribution is -2.41. The summed E-state index contributed by atoms with van der Waals surface area (Å²) in [5.41, 5.74) is 6.24. The maximum Gasteiger partial charge on any atom is 0.277 e. The van der Waals surface area contributed by atoms with Gasteiger partial charge < -0.3 is 15.8 Å². The van der Waals surface area contributed by atoms with E-state index in [9.17, 15) is 13.6 Å². The van der Waals surface area contributed by atoms with Gasteiger partial charge in [-0.1, -0.05) is 0 Å². The highest BCUT2D eigenvalue weighted by molar-refractivity contribution is 5.99. The van der Waals surface area contributed by atoms with Gasteiger partial charge >= 0.3 is 0 Å². The lowest BCUT2D eigenvalue weighted by molar-refractivity contribution is 0.0119. The Morgan fingerprint density at radius 1 is 1.39 bits per heavy atom. The molecule has 6 nitrogen and oxygen atoms in total. The van der Waals surface area contributed by atoms with Crippen LogP contribution in [0.1, 0.15) is 10.4 Å². The number of H-pyrrole nitrogens is 1. The van der Waals surface area contributed by atoms with Crippen LogP contribution in [0, 0.1) is 0 Å². The van der Waals surface area contributed by atoms with Crippen molar-refractivity contribution in [1.29, 1.82) is 0 Å². The average molecular weight is 347 g/mol. The van der Waals surface area contributed by atoms with Crippen LogP contribution in [-0.4, -0.2) is 42.2 Å². The molecule has 0 aliphatic rings. The molecule has 2 aromatic rings. The first-order chi connectivity index (χ1) is 10.5. The second-order valence-electron chi connectivity index (χ2n) is 4.63. The fraction of sp³-hybridized carbons (Fsp3) is 0.286. The first kappa shape index (κ1) is 18.9. The number of nitrogens with zero attached hydrogens (tertiary/aromatic N) is 1. The van der Waals surface area contributed by atoms with Gasteiger partial charge in [-0.3, -0.25) is 9.89 Å². The molecule has 0 saturated heterocycles. The van der Waals surface area contributed by atoms with E-state index in [4.69, 9.17) is 10.5 Å². The molecule has 23 heavy (non-hydrogen) atoms. The van der Waals surface area contributed by atoms with Crippen molar-refractivity contribution in [3.8, 4) is 17.0 Å². The van der Waals surface area contributed by atoms with Gasteiger partial charge in [0.05, 0.1) is 37.7 Å². The van der Waals surface area contributed by atoms with Crippen LogP contribution in [-0.2, 0) is 0 Å². The van der Waals surface area contributed by atoms with Gasteiger partial charge in [0.1, 0.15) is 5.75 Å². The van der Waals surface area contributed by atoms with E-state index in [1.165, 1.54) is 6.20 Å². The van der Waals surface area contributed by atoms with Gasteiger partial charge in [0.2, 0.25) is 0 Å². The molecule has 0 spiro atoms. The van der Waals surface area contributed by atoms with Gasteiger partial charge in [-0.25, -0.2) is 8.78 Å². The highest BCUT2D eigenvalue weighted by Crippen LogP contribution is 2.23. The molecule has 4 N–H and O–H groups in total. The number of carbonyl (C=O) groups is 1. The number of aromatic nitrogens is 2. The highest BCUT2D eigenvalue weighted by atomic mass is 35.5. The number of methoxy groups -OCH3 is 1. The molecule has 126 valence electrons. The third-order valence-corrected chi connectivity index (χ3v) is 3.07. The zero-order chi connectivity index (χ0) is 16.2. The Bertz CT molecular complexity index is 646. The molecule has 0 saturated carbocycles. The topological polar surface area (TPSA) is 93.0 Å². The van der Waals surface area contributed by atoms with Crippen LogP contribution in [0.5, 0.6) is 5.75 Å². The minimum absolute atomic E-state index is 0. The summed E-state index contributed by atoms with van der Waals surface area (Å²) in [6, 6.07) is 6.91. The fourth-order valence-electron chi connectivity index (χ4n) is 1.81. The van der Waals surface area contributed by atoms with Crippen molar-refractivity contribution in [3.05, 3.63) is 36.0 Å². The Morgan fingerprint density at radius 3 is 2.61 bits per heavy atom. The van der Waals surface area contributed by atoms with E-state index < -0.39 is 24.9 Å². The van der Waals surface area contributed by atoms with Crippen LogP contribution in [0.3, 0.4) is 0 Å². The third-order valence-electron chi connectivity index (χ3n) is 3.07. The monoisotopic (exact) mass is 346 g/mol. The number of nitrogens with two attached hydrogens (primary N) is 1. The molecule has 0 bridgehead atoms. The van der Waals surface area contributed by atoms with Crippen molar-refractivity contribution >= 4 is 18.3 Å². The zero-order valence-corrected chi connectivity index (χ0v) is 13.1. The van der Waals surface area contributed by atoms with Crippen molar-refractivity contribution in [2.24, 2.45) is 5.73 Å². The Balaban J connectivity index is 0.00000264. The molecule has 2 rings (SSSR count). The van der Waals surface area contributed by atoms with Crippen LogP contribution in [0.2, 0.25) is 0 Å². The highest BCUT2D eigenvalue weighted by Gasteiger charge is 2.28. The number of benzene rings is 1. The van der Waals surface area contributed by atoms with Crippen molar-refractivity contribution in [3.63, 3.8) is 0 Å². The van der Waals surface area contributed by atoms with Gasteiger partial charge in [-0.2, -0.15) is 5.10 Å². The van der Waals surface area contributed by atoms with Crippen LogP contribution >= 0.6 is 12.4 Å². The second-order valence-corrected chi connectivity index (χ2v) is 4.63. The van der Waals surface area contributed by atoms with Crippen LogP contribution in [0.4, 0.5) is 8.78 Å². The maximum atomic E-state index is 13.1. The number of nitrogens with one attached hydrogen (secondary N) is 2. The third kappa shape index (κ3) is 4.64. The van der Waals surface area contributed by atoms with E-state index in [1.54, 1.807) is 31.4 Å². The molecule has 0 unspecified atom stereocenters. The quantitative estimate of drug-likeness (QED) is 0.744. The number of amides is 1. The summed E-state index contributed by atoms with van der Waals surface area (Å²) in [4.78, 5) is 12.0. The number of aromatic amines is 1. The zero-order valence-electron chi connectivity index (χ0n) is 12.3. The SMILES string of the molecule is COc1ccc(-c2[nH]ncc2C(=O)NCC(F)(F)CN)cc1.Cl. The largest absolute Gasteiger partial charge is 0.497 e. The molecule has 0 aliphatic carbocycles. The Labute approximate surface area is 137 Å². The van der Waals surface area contributed by atoms with E-state index in [-0.39, 0.29) is 18.0 Å². The molecular weight excluding hydrogens is 330 g/mol. The summed E-state index contributed by atoms with van der Waals surface area (Å²) in [6.07, 6.45) is 1.29. The van der Waals surface area contributed by atoms with E-state index in [0.717, 1.165) is 0 Å². The summed E-state index contributed by atoms with van der Waals surface area (Å²) in [6.45, 7) is -1.65. The average Bonchev–Trinajstić information content (AvgIpc) is 3.02. The Morgan fingerprint density at radius 2 is 2.04 bits per heavy atom. The van der Waals surface area contributed by atoms with E-state index in [1.807, 2.05) is 0 Å². The smallest absolute Gasteiger partial charge is 0.277 e. The molecule has 0 aliphatic heterocycles. The van der Waals surface area contributed by atoms with Crippen LogP contribution in [0.25, 0.3) is 11.3 Å². The van der Waals surface area contributed by atoms with Crippen molar-refractivity contribution in [2.75, 3.05) is 20.2 Å². The van der Waals surface area contributed by atoms with E-state index in [2.05, 4.69) is 15.5 Å². The lowest BCUT2D eigenvalue weighted by atomic mass is 10.1. The van der Waals surface area contributed by atoms with Crippen LogP contribution in [0.15, 0.2) is 30.5 Å². The number of rotatable bonds is 6. The van der Waals surface area contributed by atoms with Crippen molar-refractivity contribution in [1.82, 2.24) is 15.5 Å². The number of hydrogen-bond donors (Lipinski definition) is 3. The standard InChI is InChI=1S/C14H16F2N4O2.ClH/c1-22-10-4-2-9(3-5-10)12-11(6-19-20-12)13(21)18-8-14(15,16)7-17;/h2-6H,7-8,17H2,1H3,(H,18,21)(H,19,20);1H. The lowest BCUT2D eigenvalue weighted by Gasteiger charge is -2.14. The predicted octanol–water partition coefficient (Wildman–Crippen LogP) is 1.83. The first-order valence-electron chi connectivity index (χ1n) is 6.51. The molecular formula is C14H17ClF2N4O2. The first-order valence-corrected chi connectivity index (χ1v) is 6.51. The Hall–Kier alpha value is -2.19. The second kappa shape index (κ2) is 7.89. The summed E-state index contributed by atoms with van der Waals surface area (Å²) in [5.74, 6) is -3.12. The summed E-state index contributed by atoms with van der Waals surface area (Å²) >= 11 is 0. The number of carbonyl (C=O) groups excluding carboxylic acids is 1. The molecule has 0 atom stereocenters. The van der Waals surface area contributed by atoms with Gasteiger partial charge in [0.15, 0.2) is 0 Å². The minimum atomic E-state index is -3.14. The van der Waals surface area contributed by atoms with Crippen molar-refractivity contribution < 1.29 is 18.3 Å². The molecule has 9 heteroatoms. The van der Waals surface area contributed by atoms with E-state index in [0.29, 0.717) is 17.0 Å². The maximum absolute atomic E-state index is 13.1. The van der Waals surface area contributed by atoms with Crippen molar-refractivity contribution in [2.45, 2.75) is 5.92 Å². The molecule has 1 aromatic carbocycles. The summed E-state index contributed by atoms with van der Waals surface area (Å²) in [5, 5.41) is 8.64. The molecule has 1 amide bonds. The van der Waals surface area contributed by atoms with Gasteiger partial charge in [0.25, 0.3) is 11.8 Å². The van der Waals surface area contributed by atoms with Gasteiger partial charge in [-0.05, 0) is 24.3 Å². The Kier molecular flexibility index (Phi) is 6.47. The molecule has 0 radical (unpaired) electrons.